The van der Waals surface area contributed by atoms with Crippen molar-refractivity contribution in [2.45, 2.75) is 0 Å². The zero-order valence-corrected chi connectivity index (χ0v) is 6.27. The molecule has 0 amide bonds. The molecule has 0 aromatic rings. The Hall–Kier alpha value is -0.390. The lowest BCUT2D eigenvalue weighted by Crippen LogP contribution is -2.34. The van der Waals surface area contributed by atoms with Gasteiger partial charge in [0, 0.05) is 0 Å². The van der Waals surface area contributed by atoms with Crippen LogP contribution in [0.4, 0.5) is 0 Å². The largest absolute Gasteiger partial charge is 0.384 e. The second-order valence-electron chi connectivity index (χ2n) is 1.39. The topological polar surface area (TPSA) is 50.1 Å². The number of nitrogens with two attached hydrogens (primary N) is 1. The van der Waals surface area contributed by atoms with Gasteiger partial charge in [0.05, 0.1) is 3.70 Å². The maximum absolute atomic E-state index is 5.34. The zero-order valence-electron chi connectivity index (χ0n) is 4.11. The molecule has 0 aromatic heterocycles. The molecule has 0 bridgehead atoms. The molecular formula is C4H6IN3. The molecule has 44 valence electrons. The Morgan fingerprint density at radius 1 is 1.38 bits per heavy atom. The molecule has 1 rings (SSSR count). The fourth-order valence-corrected chi connectivity index (χ4v) is 0.693. The van der Waals surface area contributed by atoms with Crippen LogP contribution in [-0.4, -0.2) is 0 Å². The molecule has 0 spiro atoms. The van der Waals surface area contributed by atoms with E-state index in [1.165, 1.54) is 0 Å². The van der Waals surface area contributed by atoms with E-state index in [0.717, 1.165) is 3.70 Å². The summed E-state index contributed by atoms with van der Waals surface area (Å²) in [6.45, 7) is 0. The number of rotatable bonds is 0. The second kappa shape index (κ2) is 2.25. The summed E-state index contributed by atoms with van der Waals surface area (Å²) in [5.41, 5.74) is 10.9. The first-order valence-electron chi connectivity index (χ1n) is 2.14. The van der Waals surface area contributed by atoms with Gasteiger partial charge in [0.15, 0.2) is 0 Å². The minimum Gasteiger partial charge on any atom is -0.384 e. The first-order chi connectivity index (χ1) is 3.79. The Labute approximate surface area is 61.1 Å². The molecule has 0 saturated carbocycles. The molecule has 0 aliphatic carbocycles. The molecule has 8 heavy (non-hydrogen) atoms. The molecule has 3 nitrogen and oxygen atoms in total. The maximum atomic E-state index is 5.34. The van der Waals surface area contributed by atoms with Crippen molar-refractivity contribution >= 4 is 22.6 Å². The Bertz CT molecular complexity index is 131. The highest BCUT2D eigenvalue weighted by molar-refractivity contribution is 14.1. The van der Waals surface area contributed by atoms with Crippen LogP contribution in [0.25, 0.3) is 0 Å². The lowest BCUT2D eigenvalue weighted by Gasteiger charge is -2.11. The van der Waals surface area contributed by atoms with Crippen LogP contribution in [0.2, 0.25) is 0 Å². The molecule has 0 fully saturated rings. The predicted octanol–water partition coefficient (Wildman–Crippen LogP) is 0.171. The van der Waals surface area contributed by atoms with Crippen LogP contribution in [0.3, 0.4) is 0 Å². The van der Waals surface area contributed by atoms with Crippen molar-refractivity contribution in [3.05, 3.63) is 21.7 Å². The Morgan fingerprint density at radius 2 is 2.12 bits per heavy atom. The molecule has 4 N–H and O–H groups in total. The van der Waals surface area contributed by atoms with Gasteiger partial charge in [0.1, 0.15) is 5.82 Å². The van der Waals surface area contributed by atoms with Crippen LogP contribution < -0.4 is 16.6 Å². The summed E-state index contributed by atoms with van der Waals surface area (Å²) >= 11 is 2.15. The van der Waals surface area contributed by atoms with Gasteiger partial charge in [-0.25, -0.2) is 0 Å². The standard InChI is InChI=1S/C4H6IN3/c5-3-1-2-4(6)8-7-3/h1-2,7-8H,6H2. The van der Waals surface area contributed by atoms with E-state index in [1.807, 2.05) is 6.08 Å². The predicted molar refractivity (Wildman–Crippen MR) is 40.6 cm³/mol. The minimum atomic E-state index is 0.644. The average molecular weight is 223 g/mol. The minimum absolute atomic E-state index is 0.644. The molecule has 0 atom stereocenters. The summed E-state index contributed by atoms with van der Waals surface area (Å²) in [6, 6.07) is 0. The Balaban J connectivity index is 2.65. The van der Waals surface area contributed by atoms with Crippen LogP contribution >= 0.6 is 22.6 Å². The van der Waals surface area contributed by atoms with E-state index in [0.29, 0.717) is 5.82 Å². The Kier molecular flexibility index (Phi) is 1.62. The van der Waals surface area contributed by atoms with Crippen molar-refractivity contribution in [3.8, 4) is 0 Å². The third kappa shape index (κ3) is 1.29. The second-order valence-corrected chi connectivity index (χ2v) is 2.55. The summed E-state index contributed by atoms with van der Waals surface area (Å²) < 4.78 is 1.04. The fourth-order valence-electron chi connectivity index (χ4n) is 0.378. The van der Waals surface area contributed by atoms with Crippen molar-refractivity contribution in [1.82, 2.24) is 10.9 Å². The van der Waals surface area contributed by atoms with Gasteiger partial charge in [-0.1, -0.05) is 0 Å². The zero-order chi connectivity index (χ0) is 5.98. The summed E-state index contributed by atoms with van der Waals surface area (Å²) in [7, 11) is 0. The first-order valence-corrected chi connectivity index (χ1v) is 3.22. The molecular weight excluding hydrogens is 217 g/mol. The molecule has 0 aromatic carbocycles. The molecule has 0 unspecified atom stereocenters. The van der Waals surface area contributed by atoms with Crippen LogP contribution in [0, 0.1) is 0 Å². The summed E-state index contributed by atoms with van der Waals surface area (Å²) in [6.07, 6.45) is 3.70. The third-order valence-electron chi connectivity index (χ3n) is 0.735. The molecule has 0 saturated heterocycles. The quantitative estimate of drug-likeness (QED) is 0.405. The van der Waals surface area contributed by atoms with E-state index in [4.69, 9.17) is 5.73 Å². The van der Waals surface area contributed by atoms with Gasteiger partial charge in [-0.2, -0.15) is 0 Å². The van der Waals surface area contributed by atoms with E-state index in [-0.39, 0.29) is 0 Å². The summed E-state index contributed by atoms with van der Waals surface area (Å²) in [5.74, 6) is 0.644. The lowest BCUT2D eigenvalue weighted by atomic mass is 10.5. The normalized spacial score (nSPS) is 17.6. The van der Waals surface area contributed by atoms with E-state index < -0.39 is 0 Å². The van der Waals surface area contributed by atoms with Gasteiger partial charge in [-0.3, -0.25) is 10.9 Å². The van der Waals surface area contributed by atoms with E-state index >= 15 is 0 Å². The number of hydrogen-bond donors (Lipinski definition) is 3. The van der Waals surface area contributed by atoms with Gasteiger partial charge < -0.3 is 5.73 Å². The van der Waals surface area contributed by atoms with Crippen LogP contribution in [0.1, 0.15) is 0 Å². The molecule has 1 aliphatic rings. The molecule has 0 radical (unpaired) electrons. The number of allylic oxidation sites excluding steroid dienone is 2. The number of halogens is 1. The molecule has 1 aliphatic heterocycles. The summed E-state index contributed by atoms with van der Waals surface area (Å²) in [4.78, 5) is 0. The van der Waals surface area contributed by atoms with Crippen molar-refractivity contribution in [2.75, 3.05) is 0 Å². The third-order valence-corrected chi connectivity index (χ3v) is 1.36. The molecule has 1 heterocycles. The van der Waals surface area contributed by atoms with E-state index in [9.17, 15) is 0 Å². The number of nitrogens with one attached hydrogen (secondary N) is 2. The monoisotopic (exact) mass is 223 g/mol. The van der Waals surface area contributed by atoms with Crippen molar-refractivity contribution < 1.29 is 0 Å². The van der Waals surface area contributed by atoms with Crippen LogP contribution in [-0.2, 0) is 0 Å². The van der Waals surface area contributed by atoms with Crippen LogP contribution in [0.5, 0.6) is 0 Å². The first kappa shape index (κ1) is 5.74. The summed E-state index contributed by atoms with van der Waals surface area (Å²) in [5, 5.41) is 0. The van der Waals surface area contributed by atoms with Gasteiger partial charge in [-0.15, -0.1) is 0 Å². The highest BCUT2D eigenvalue weighted by atomic mass is 127. The van der Waals surface area contributed by atoms with Gasteiger partial charge in [0.25, 0.3) is 0 Å². The van der Waals surface area contributed by atoms with Gasteiger partial charge in [-0.05, 0) is 34.7 Å². The Morgan fingerprint density at radius 3 is 2.50 bits per heavy atom. The SMILES string of the molecule is NC1=CC=C(I)NN1. The van der Waals surface area contributed by atoms with Crippen LogP contribution in [0.15, 0.2) is 21.7 Å². The average Bonchev–Trinajstić information content (AvgIpc) is 1.77. The number of hydrogen-bond acceptors (Lipinski definition) is 3. The highest BCUT2D eigenvalue weighted by Crippen LogP contribution is 2.02. The molecule has 4 heteroatoms. The highest BCUT2D eigenvalue weighted by Gasteiger charge is 1.93. The van der Waals surface area contributed by atoms with Gasteiger partial charge in [0.2, 0.25) is 0 Å². The van der Waals surface area contributed by atoms with E-state index in [2.05, 4.69) is 33.4 Å². The number of hydrazine groups is 1. The smallest absolute Gasteiger partial charge is 0.115 e. The maximum Gasteiger partial charge on any atom is 0.115 e. The fraction of sp³-hybridized carbons (Fsp3) is 0. The lowest BCUT2D eigenvalue weighted by molar-refractivity contribution is 0.705. The van der Waals surface area contributed by atoms with Crippen molar-refractivity contribution in [2.24, 2.45) is 5.73 Å². The van der Waals surface area contributed by atoms with Crippen molar-refractivity contribution in [3.63, 3.8) is 0 Å². The van der Waals surface area contributed by atoms with E-state index in [1.54, 1.807) is 6.08 Å². The van der Waals surface area contributed by atoms with Gasteiger partial charge >= 0.3 is 0 Å². The van der Waals surface area contributed by atoms with Crippen molar-refractivity contribution in [1.29, 1.82) is 0 Å².